The summed E-state index contributed by atoms with van der Waals surface area (Å²) in [5.41, 5.74) is 0.249. The molecule has 0 saturated heterocycles. The average molecular weight is 291 g/mol. The predicted molar refractivity (Wildman–Crippen MR) is 78.9 cm³/mol. The Hall–Kier alpha value is -2.18. The van der Waals surface area contributed by atoms with Gasteiger partial charge in [0.2, 0.25) is 5.91 Å². The number of rotatable bonds is 8. The fraction of sp³-hybridized carbons (Fsp3) is 0.571. The highest BCUT2D eigenvalue weighted by molar-refractivity contribution is 5.92. The normalized spacial score (nSPS) is 13.6. The number of nitrogens with one attached hydrogen (secondary N) is 3. The van der Waals surface area contributed by atoms with Crippen molar-refractivity contribution in [3.05, 3.63) is 18.1 Å². The topological polar surface area (TPSA) is 96.0 Å². The predicted octanol–water partition coefficient (Wildman–Crippen LogP) is 0.697. The maximum Gasteiger partial charge on any atom is 0.271 e. The van der Waals surface area contributed by atoms with Crippen LogP contribution in [0.5, 0.6) is 0 Å². The zero-order valence-electron chi connectivity index (χ0n) is 12.2. The van der Waals surface area contributed by atoms with Crippen molar-refractivity contribution in [2.24, 2.45) is 0 Å². The summed E-state index contributed by atoms with van der Waals surface area (Å²) >= 11 is 0. The van der Waals surface area contributed by atoms with Crippen molar-refractivity contribution in [1.82, 2.24) is 20.6 Å². The van der Waals surface area contributed by atoms with Crippen LogP contribution in [-0.4, -0.2) is 40.9 Å². The molecule has 1 aliphatic carbocycles. The third kappa shape index (κ3) is 5.37. The molecule has 0 unspecified atom stereocenters. The summed E-state index contributed by atoms with van der Waals surface area (Å²) in [4.78, 5) is 31.6. The summed E-state index contributed by atoms with van der Waals surface area (Å²) in [7, 11) is 0. The van der Waals surface area contributed by atoms with Gasteiger partial charge in [-0.15, -0.1) is 0 Å². The quantitative estimate of drug-likeness (QED) is 0.655. The molecule has 0 spiro atoms. The number of hydrogen-bond donors (Lipinski definition) is 3. The van der Waals surface area contributed by atoms with Gasteiger partial charge in [0.05, 0.1) is 12.4 Å². The third-order valence-electron chi connectivity index (χ3n) is 3.00. The molecule has 1 fully saturated rings. The van der Waals surface area contributed by atoms with Gasteiger partial charge in [0.25, 0.3) is 5.91 Å². The molecular weight excluding hydrogens is 270 g/mol. The first-order valence-corrected chi connectivity index (χ1v) is 7.32. The summed E-state index contributed by atoms with van der Waals surface area (Å²) < 4.78 is 0. The highest BCUT2D eigenvalue weighted by Gasteiger charge is 2.22. The lowest BCUT2D eigenvalue weighted by Gasteiger charge is -2.07. The van der Waals surface area contributed by atoms with Gasteiger partial charge >= 0.3 is 0 Å². The maximum atomic E-state index is 11.9. The second-order valence-electron chi connectivity index (χ2n) is 5.06. The Bertz CT molecular complexity index is 502. The van der Waals surface area contributed by atoms with Crippen LogP contribution in [0.1, 0.15) is 43.1 Å². The molecule has 0 radical (unpaired) electrons. The Balaban J connectivity index is 1.75. The van der Waals surface area contributed by atoms with Gasteiger partial charge in [-0.25, -0.2) is 4.98 Å². The average Bonchev–Trinajstić information content (AvgIpc) is 3.29. The van der Waals surface area contributed by atoms with Gasteiger partial charge in [0.1, 0.15) is 11.5 Å². The van der Waals surface area contributed by atoms with Crippen molar-refractivity contribution in [2.75, 3.05) is 18.4 Å². The summed E-state index contributed by atoms with van der Waals surface area (Å²) in [5.74, 6) is 0.236. The van der Waals surface area contributed by atoms with Gasteiger partial charge in [0.15, 0.2) is 0 Å². The van der Waals surface area contributed by atoms with E-state index >= 15 is 0 Å². The van der Waals surface area contributed by atoms with Crippen LogP contribution in [0.2, 0.25) is 0 Å². The fourth-order valence-electron chi connectivity index (χ4n) is 1.72. The lowest BCUT2D eigenvalue weighted by atomic mass is 10.3. The van der Waals surface area contributed by atoms with Crippen LogP contribution >= 0.6 is 0 Å². The first-order valence-electron chi connectivity index (χ1n) is 7.32. The van der Waals surface area contributed by atoms with E-state index in [4.69, 9.17) is 0 Å². The molecule has 3 N–H and O–H groups in total. The van der Waals surface area contributed by atoms with E-state index in [1.165, 1.54) is 6.20 Å². The molecule has 0 aromatic carbocycles. The monoisotopic (exact) mass is 291 g/mol. The molecule has 1 aliphatic rings. The molecule has 1 heterocycles. The van der Waals surface area contributed by atoms with Gasteiger partial charge in [0, 0.05) is 25.6 Å². The zero-order valence-corrected chi connectivity index (χ0v) is 12.2. The molecule has 2 amide bonds. The van der Waals surface area contributed by atoms with Crippen LogP contribution in [0.15, 0.2) is 12.4 Å². The lowest BCUT2D eigenvalue weighted by Crippen LogP contribution is -2.32. The van der Waals surface area contributed by atoms with Crippen LogP contribution in [0.3, 0.4) is 0 Å². The number of nitrogens with zero attached hydrogens (tertiary/aromatic N) is 2. The number of carbonyl (C=O) groups is 2. The second-order valence-corrected chi connectivity index (χ2v) is 5.06. The third-order valence-corrected chi connectivity index (χ3v) is 3.00. The van der Waals surface area contributed by atoms with Gasteiger partial charge < -0.3 is 16.0 Å². The Morgan fingerprint density at radius 2 is 2.10 bits per heavy atom. The number of hydrogen-bond acceptors (Lipinski definition) is 5. The molecule has 1 saturated carbocycles. The van der Waals surface area contributed by atoms with Gasteiger partial charge in [-0.2, -0.15) is 0 Å². The minimum Gasteiger partial charge on any atom is -0.369 e. The van der Waals surface area contributed by atoms with E-state index in [2.05, 4.69) is 25.9 Å². The maximum absolute atomic E-state index is 11.9. The lowest BCUT2D eigenvalue weighted by molar-refractivity contribution is -0.121. The van der Waals surface area contributed by atoms with Crippen molar-refractivity contribution >= 4 is 17.6 Å². The summed E-state index contributed by atoms with van der Waals surface area (Å²) in [6, 6.07) is 0.348. The van der Waals surface area contributed by atoms with E-state index in [1.54, 1.807) is 6.20 Å². The highest BCUT2D eigenvalue weighted by Crippen LogP contribution is 2.18. The molecule has 0 aliphatic heterocycles. The van der Waals surface area contributed by atoms with E-state index in [0.717, 1.165) is 25.8 Å². The summed E-state index contributed by atoms with van der Waals surface area (Å²) in [6.07, 6.45) is 6.36. The number of anilines is 1. The Kier molecular flexibility index (Phi) is 5.48. The molecule has 7 heteroatoms. The first kappa shape index (κ1) is 15.2. The van der Waals surface area contributed by atoms with E-state index in [9.17, 15) is 9.59 Å². The molecule has 1 aromatic rings. The molecule has 114 valence electrons. The summed E-state index contributed by atoms with van der Waals surface area (Å²) in [6.45, 7) is 3.12. The first-order chi connectivity index (χ1) is 10.2. The molecule has 1 aromatic heterocycles. The van der Waals surface area contributed by atoms with E-state index in [0.29, 0.717) is 18.4 Å². The molecule has 0 atom stereocenters. The van der Waals surface area contributed by atoms with Crippen LogP contribution in [-0.2, 0) is 4.79 Å². The standard InChI is InChI=1S/C14H21N5O2/c1-2-6-16-12-9-15-8-11(19-12)14(21)17-7-5-13(20)18-10-3-4-10/h8-10H,2-7H2,1H3,(H,16,19)(H,17,21)(H,18,20). The highest BCUT2D eigenvalue weighted by atomic mass is 16.2. The summed E-state index contributed by atoms with van der Waals surface area (Å²) in [5, 5.41) is 8.62. The van der Waals surface area contributed by atoms with E-state index in [-0.39, 0.29) is 23.9 Å². The van der Waals surface area contributed by atoms with Crippen molar-refractivity contribution < 1.29 is 9.59 Å². The SMILES string of the molecule is CCCNc1cncc(C(=O)NCCC(=O)NC2CC2)n1. The molecular formula is C14H21N5O2. The largest absolute Gasteiger partial charge is 0.369 e. The van der Waals surface area contributed by atoms with Gasteiger partial charge in [-0.3, -0.25) is 14.6 Å². The van der Waals surface area contributed by atoms with Crippen molar-refractivity contribution in [3.63, 3.8) is 0 Å². The van der Waals surface area contributed by atoms with Crippen LogP contribution in [0, 0.1) is 0 Å². The van der Waals surface area contributed by atoms with E-state index in [1.807, 2.05) is 6.92 Å². The van der Waals surface area contributed by atoms with Crippen molar-refractivity contribution in [1.29, 1.82) is 0 Å². The van der Waals surface area contributed by atoms with Crippen LogP contribution < -0.4 is 16.0 Å². The minimum absolute atomic E-state index is 0.0257. The second kappa shape index (κ2) is 7.56. The van der Waals surface area contributed by atoms with Crippen molar-refractivity contribution in [2.45, 2.75) is 38.6 Å². The Morgan fingerprint density at radius 1 is 1.29 bits per heavy atom. The Morgan fingerprint density at radius 3 is 2.81 bits per heavy atom. The fourth-order valence-corrected chi connectivity index (χ4v) is 1.72. The molecule has 2 rings (SSSR count). The van der Waals surface area contributed by atoms with E-state index < -0.39 is 0 Å². The molecule has 7 nitrogen and oxygen atoms in total. The zero-order chi connectivity index (χ0) is 15.1. The van der Waals surface area contributed by atoms with Crippen molar-refractivity contribution in [3.8, 4) is 0 Å². The number of carbonyl (C=O) groups excluding carboxylic acids is 2. The number of amides is 2. The molecule has 0 bridgehead atoms. The Labute approximate surface area is 123 Å². The van der Waals surface area contributed by atoms with Crippen LogP contribution in [0.4, 0.5) is 5.82 Å². The van der Waals surface area contributed by atoms with Gasteiger partial charge in [-0.05, 0) is 19.3 Å². The minimum atomic E-state index is -0.318. The van der Waals surface area contributed by atoms with Gasteiger partial charge in [-0.1, -0.05) is 6.92 Å². The van der Waals surface area contributed by atoms with Crippen LogP contribution in [0.25, 0.3) is 0 Å². The molecule has 21 heavy (non-hydrogen) atoms. The number of aromatic nitrogens is 2. The smallest absolute Gasteiger partial charge is 0.271 e.